The predicted molar refractivity (Wildman–Crippen MR) is 71.9 cm³/mol. The quantitative estimate of drug-likeness (QED) is 0.864. The number of rotatable bonds is 1. The summed E-state index contributed by atoms with van der Waals surface area (Å²) in [6, 6.07) is 6.77. The maximum Gasteiger partial charge on any atom is 0.111 e. The Labute approximate surface area is 107 Å². The Balaban J connectivity index is 1.97. The van der Waals surface area contributed by atoms with Gasteiger partial charge in [-0.3, -0.25) is 0 Å². The summed E-state index contributed by atoms with van der Waals surface area (Å²) in [5.74, 6) is 0. The van der Waals surface area contributed by atoms with Gasteiger partial charge in [0.1, 0.15) is 5.01 Å². The Morgan fingerprint density at radius 2 is 2.31 bits per heavy atom. The van der Waals surface area contributed by atoms with Gasteiger partial charge in [0.15, 0.2) is 0 Å². The summed E-state index contributed by atoms with van der Waals surface area (Å²) in [5.41, 5.74) is 1.12. The molecule has 4 heteroatoms. The third-order valence-electron chi connectivity index (χ3n) is 2.98. The number of benzene rings is 1. The number of nitrogens with one attached hydrogen (secondary N) is 1. The van der Waals surface area contributed by atoms with Crippen molar-refractivity contribution in [2.75, 3.05) is 6.54 Å². The summed E-state index contributed by atoms with van der Waals surface area (Å²) in [6.07, 6.45) is 3.84. The molecule has 0 saturated carbocycles. The smallest absolute Gasteiger partial charge is 0.111 e. The van der Waals surface area contributed by atoms with E-state index in [0.717, 1.165) is 16.5 Å². The Kier molecular flexibility index (Phi) is 2.96. The lowest BCUT2D eigenvalue weighted by molar-refractivity contribution is 0.411. The van der Waals surface area contributed by atoms with E-state index in [-0.39, 0.29) is 0 Å². The second kappa shape index (κ2) is 4.43. The fourth-order valence-electron chi connectivity index (χ4n) is 2.13. The van der Waals surface area contributed by atoms with Gasteiger partial charge in [0.25, 0.3) is 0 Å². The molecular weight excluding hydrogens is 284 g/mol. The summed E-state index contributed by atoms with van der Waals surface area (Å²) in [6.45, 7) is 1.13. The molecule has 0 aliphatic carbocycles. The molecule has 1 unspecified atom stereocenters. The lowest BCUT2D eigenvalue weighted by Gasteiger charge is -2.20. The monoisotopic (exact) mass is 296 g/mol. The summed E-state index contributed by atoms with van der Waals surface area (Å²) in [7, 11) is 0. The van der Waals surface area contributed by atoms with Gasteiger partial charge in [-0.1, -0.05) is 22.4 Å². The second-order valence-corrected chi connectivity index (χ2v) is 6.14. The van der Waals surface area contributed by atoms with E-state index in [9.17, 15) is 0 Å². The van der Waals surface area contributed by atoms with Crippen LogP contribution in [-0.2, 0) is 0 Å². The highest BCUT2D eigenvalue weighted by molar-refractivity contribution is 9.10. The molecule has 0 bridgehead atoms. The first-order valence-electron chi connectivity index (χ1n) is 5.62. The zero-order valence-corrected chi connectivity index (χ0v) is 11.3. The van der Waals surface area contributed by atoms with Crippen molar-refractivity contribution in [3.63, 3.8) is 0 Å². The molecule has 2 nitrogen and oxygen atoms in total. The molecule has 1 N–H and O–H groups in total. The van der Waals surface area contributed by atoms with Crippen LogP contribution in [0.5, 0.6) is 0 Å². The van der Waals surface area contributed by atoms with Crippen LogP contribution in [0.2, 0.25) is 0 Å². The van der Waals surface area contributed by atoms with Crippen molar-refractivity contribution < 1.29 is 0 Å². The number of aromatic nitrogens is 1. The van der Waals surface area contributed by atoms with Crippen LogP contribution in [0.25, 0.3) is 10.2 Å². The SMILES string of the molecule is Brc1ccc2nc(C3CCCCN3)sc2c1. The van der Waals surface area contributed by atoms with Crippen molar-refractivity contribution in [3.05, 3.63) is 27.7 Å². The zero-order valence-electron chi connectivity index (χ0n) is 8.87. The van der Waals surface area contributed by atoms with Crippen molar-refractivity contribution in [2.45, 2.75) is 25.3 Å². The molecule has 1 aromatic carbocycles. The van der Waals surface area contributed by atoms with E-state index in [4.69, 9.17) is 4.98 Å². The van der Waals surface area contributed by atoms with Gasteiger partial charge in [0.05, 0.1) is 16.3 Å². The van der Waals surface area contributed by atoms with Gasteiger partial charge in [0, 0.05) is 4.47 Å². The number of fused-ring (bicyclic) bond motifs is 1. The second-order valence-electron chi connectivity index (χ2n) is 4.17. The molecule has 84 valence electrons. The van der Waals surface area contributed by atoms with Crippen LogP contribution in [0.4, 0.5) is 0 Å². The number of halogens is 1. The van der Waals surface area contributed by atoms with Crippen molar-refractivity contribution in [1.82, 2.24) is 10.3 Å². The molecule has 1 fully saturated rings. The van der Waals surface area contributed by atoms with E-state index >= 15 is 0 Å². The number of hydrogen-bond acceptors (Lipinski definition) is 3. The zero-order chi connectivity index (χ0) is 11.0. The first kappa shape index (κ1) is 10.7. The first-order valence-corrected chi connectivity index (χ1v) is 7.23. The number of thiazole rings is 1. The van der Waals surface area contributed by atoms with Crippen LogP contribution in [0, 0.1) is 0 Å². The Hall–Kier alpha value is -0.450. The molecule has 3 rings (SSSR count). The van der Waals surface area contributed by atoms with Crippen LogP contribution >= 0.6 is 27.3 Å². The largest absolute Gasteiger partial charge is 0.308 e. The molecule has 0 amide bonds. The highest BCUT2D eigenvalue weighted by Gasteiger charge is 2.18. The summed E-state index contributed by atoms with van der Waals surface area (Å²) < 4.78 is 2.41. The summed E-state index contributed by atoms with van der Waals surface area (Å²) >= 11 is 5.32. The van der Waals surface area contributed by atoms with Gasteiger partial charge < -0.3 is 5.32 Å². The minimum Gasteiger partial charge on any atom is -0.308 e. The number of hydrogen-bond donors (Lipinski definition) is 1. The molecule has 1 aliphatic rings. The van der Waals surface area contributed by atoms with E-state index in [1.165, 1.54) is 29.0 Å². The lowest BCUT2D eigenvalue weighted by Crippen LogP contribution is -2.26. The average molecular weight is 297 g/mol. The normalized spacial score (nSPS) is 21.4. The van der Waals surface area contributed by atoms with Crippen LogP contribution < -0.4 is 5.32 Å². The molecular formula is C12H13BrN2S. The van der Waals surface area contributed by atoms with Crippen LogP contribution in [0.3, 0.4) is 0 Å². The van der Waals surface area contributed by atoms with Gasteiger partial charge >= 0.3 is 0 Å². The molecule has 1 saturated heterocycles. The lowest BCUT2D eigenvalue weighted by atomic mass is 10.1. The van der Waals surface area contributed by atoms with E-state index in [1.54, 1.807) is 0 Å². The van der Waals surface area contributed by atoms with Crippen molar-refractivity contribution in [2.24, 2.45) is 0 Å². The Morgan fingerprint density at radius 1 is 1.38 bits per heavy atom. The van der Waals surface area contributed by atoms with E-state index in [2.05, 4.69) is 39.4 Å². The highest BCUT2D eigenvalue weighted by atomic mass is 79.9. The van der Waals surface area contributed by atoms with Gasteiger partial charge in [-0.05, 0) is 37.6 Å². The van der Waals surface area contributed by atoms with E-state index in [1.807, 2.05) is 11.3 Å². The van der Waals surface area contributed by atoms with E-state index < -0.39 is 0 Å². The van der Waals surface area contributed by atoms with Gasteiger partial charge in [-0.15, -0.1) is 11.3 Å². The van der Waals surface area contributed by atoms with E-state index in [0.29, 0.717) is 6.04 Å². The Bertz CT molecular complexity index is 503. The van der Waals surface area contributed by atoms with Gasteiger partial charge in [-0.25, -0.2) is 4.98 Å². The summed E-state index contributed by atoms with van der Waals surface area (Å²) in [5, 5.41) is 4.79. The maximum absolute atomic E-state index is 4.71. The molecule has 1 aliphatic heterocycles. The molecule has 1 aromatic heterocycles. The van der Waals surface area contributed by atoms with Crippen LogP contribution in [0.15, 0.2) is 22.7 Å². The predicted octanol–water partition coefficient (Wildman–Crippen LogP) is 3.87. The Morgan fingerprint density at radius 3 is 3.12 bits per heavy atom. The average Bonchev–Trinajstić information content (AvgIpc) is 2.73. The van der Waals surface area contributed by atoms with Crippen molar-refractivity contribution >= 4 is 37.5 Å². The summed E-state index contributed by atoms with van der Waals surface area (Å²) in [4.78, 5) is 4.71. The minimum atomic E-state index is 0.477. The van der Waals surface area contributed by atoms with Crippen LogP contribution in [0.1, 0.15) is 30.3 Å². The first-order chi connectivity index (χ1) is 7.83. The molecule has 2 aromatic rings. The third kappa shape index (κ3) is 2.01. The highest BCUT2D eigenvalue weighted by Crippen LogP contribution is 2.31. The number of nitrogens with zero attached hydrogens (tertiary/aromatic N) is 1. The standard InChI is InChI=1S/C12H13BrN2S/c13-8-4-5-9-11(7-8)16-12(15-9)10-3-1-2-6-14-10/h4-5,7,10,14H,1-3,6H2. The molecule has 0 spiro atoms. The molecule has 1 atom stereocenters. The van der Waals surface area contributed by atoms with Crippen molar-refractivity contribution in [1.29, 1.82) is 0 Å². The molecule has 0 radical (unpaired) electrons. The fourth-order valence-corrected chi connectivity index (χ4v) is 3.76. The fraction of sp³-hybridized carbons (Fsp3) is 0.417. The van der Waals surface area contributed by atoms with Gasteiger partial charge in [-0.2, -0.15) is 0 Å². The molecule has 16 heavy (non-hydrogen) atoms. The van der Waals surface area contributed by atoms with Crippen LogP contribution in [-0.4, -0.2) is 11.5 Å². The molecule has 2 heterocycles. The third-order valence-corrected chi connectivity index (χ3v) is 4.60. The van der Waals surface area contributed by atoms with Gasteiger partial charge in [0.2, 0.25) is 0 Å². The topological polar surface area (TPSA) is 24.9 Å². The number of piperidine rings is 1. The van der Waals surface area contributed by atoms with Crippen molar-refractivity contribution in [3.8, 4) is 0 Å². The maximum atomic E-state index is 4.71. The minimum absolute atomic E-state index is 0.477.